The SMILES string of the molecule is CCOc1cc(NC(=O)c2ccco2)c(OCC)cc1NC(=O)c1cccnc1. The van der Waals surface area contributed by atoms with Gasteiger partial charge >= 0.3 is 0 Å². The van der Waals surface area contributed by atoms with Gasteiger partial charge in [-0.3, -0.25) is 14.6 Å². The predicted octanol–water partition coefficient (Wildman–Crippen LogP) is 3.98. The Kier molecular flexibility index (Phi) is 6.47. The van der Waals surface area contributed by atoms with E-state index in [1.807, 2.05) is 13.8 Å². The lowest BCUT2D eigenvalue weighted by Crippen LogP contribution is -2.15. The fraction of sp³-hybridized carbons (Fsp3) is 0.190. The summed E-state index contributed by atoms with van der Waals surface area (Å²) in [5.41, 5.74) is 1.22. The number of benzene rings is 1. The van der Waals surface area contributed by atoms with Gasteiger partial charge in [0.05, 0.1) is 36.4 Å². The molecule has 2 amide bonds. The van der Waals surface area contributed by atoms with Crippen LogP contribution in [-0.2, 0) is 0 Å². The third-order valence-corrected chi connectivity index (χ3v) is 3.85. The molecule has 2 aromatic heterocycles. The van der Waals surface area contributed by atoms with E-state index in [-0.39, 0.29) is 11.7 Å². The van der Waals surface area contributed by atoms with E-state index in [4.69, 9.17) is 13.9 Å². The van der Waals surface area contributed by atoms with Crippen LogP contribution in [0.3, 0.4) is 0 Å². The normalized spacial score (nSPS) is 10.3. The van der Waals surface area contributed by atoms with Crippen LogP contribution in [-0.4, -0.2) is 30.0 Å². The monoisotopic (exact) mass is 395 g/mol. The molecule has 8 heteroatoms. The summed E-state index contributed by atoms with van der Waals surface area (Å²) >= 11 is 0. The molecule has 3 aromatic rings. The van der Waals surface area contributed by atoms with Crippen molar-refractivity contribution in [1.82, 2.24) is 4.98 Å². The van der Waals surface area contributed by atoms with E-state index in [1.165, 1.54) is 12.5 Å². The highest BCUT2D eigenvalue weighted by molar-refractivity contribution is 6.06. The fourth-order valence-electron chi connectivity index (χ4n) is 2.59. The van der Waals surface area contributed by atoms with E-state index in [0.717, 1.165) is 0 Å². The van der Waals surface area contributed by atoms with Crippen LogP contribution in [0.5, 0.6) is 11.5 Å². The number of nitrogens with zero attached hydrogens (tertiary/aromatic N) is 1. The van der Waals surface area contributed by atoms with Crippen molar-refractivity contribution in [1.29, 1.82) is 0 Å². The Morgan fingerprint density at radius 1 is 0.966 bits per heavy atom. The highest BCUT2D eigenvalue weighted by Gasteiger charge is 2.18. The summed E-state index contributed by atoms with van der Waals surface area (Å²) in [6, 6.07) is 9.73. The number of nitrogens with one attached hydrogen (secondary N) is 2. The summed E-state index contributed by atoms with van der Waals surface area (Å²) in [5, 5.41) is 5.55. The Morgan fingerprint density at radius 3 is 2.14 bits per heavy atom. The molecule has 0 unspecified atom stereocenters. The minimum absolute atomic E-state index is 0.166. The molecular formula is C21H21N3O5. The minimum Gasteiger partial charge on any atom is -0.492 e. The molecule has 2 heterocycles. The van der Waals surface area contributed by atoms with Crippen molar-refractivity contribution in [2.75, 3.05) is 23.8 Å². The first-order valence-corrected chi connectivity index (χ1v) is 9.12. The lowest BCUT2D eigenvalue weighted by molar-refractivity contribution is 0.0993. The quantitative estimate of drug-likeness (QED) is 0.598. The van der Waals surface area contributed by atoms with Crippen LogP contribution >= 0.6 is 0 Å². The number of carbonyl (C=O) groups is 2. The Morgan fingerprint density at radius 2 is 1.62 bits per heavy atom. The van der Waals surface area contributed by atoms with Crippen molar-refractivity contribution in [2.45, 2.75) is 13.8 Å². The smallest absolute Gasteiger partial charge is 0.291 e. The molecule has 3 rings (SSSR count). The van der Waals surface area contributed by atoms with Gasteiger partial charge in [-0.25, -0.2) is 0 Å². The van der Waals surface area contributed by atoms with Crippen LogP contribution in [0.15, 0.2) is 59.5 Å². The highest BCUT2D eigenvalue weighted by Crippen LogP contribution is 2.37. The van der Waals surface area contributed by atoms with Gasteiger partial charge in [0.1, 0.15) is 11.5 Å². The predicted molar refractivity (Wildman–Crippen MR) is 108 cm³/mol. The van der Waals surface area contributed by atoms with Gasteiger partial charge in [-0.15, -0.1) is 0 Å². The van der Waals surface area contributed by atoms with E-state index in [2.05, 4.69) is 15.6 Å². The maximum Gasteiger partial charge on any atom is 0.291 e. The summed E-state index contributed by atoms with van der Waals surface area (Å²) in [6.07, 6.45) is 4.48. The first-order valence-electron chi connectivity index (χ1n) is 9.12. The molecule has 0 aliphatic carbocycles. The number of hydrogen-bond acceptors (Lipinski definition) is 6. The maximum atomic E-state index is 12.5. The van der Waals surface area contributed by atoms with Crippen molar-refractivity contribution < 1.29 is 23.5 Å². The van der Waals surface area contributed by atoms with Gasteiger partial charge in [-0.2, -0.15) is 0 Å². The van der Waals surface area contributed by atoms with Gasteiger partial charge in [0.25, 0.3) is 11.8 Å². The van der Waals surface area contributed by atoms with Gasteiger partial charge in [0.15, 0.2) is 5.76 Å². The Hall–Kier alpha value is -3.81. The van der Waals surface area contributed by atoms with E-state index in [9.17, 15) is 9.59 Å². The maximum absolute atomic E-state index is 12.5. The van der Waals surface area contributed by atoms with Crippen LogP contribution in [0, 0.1) is 0 Å². The standard InChI is InChI=1S/C21H21N3O5/c1-3-27-18-12-16(24-21(26)17-8-6-10-29-17)19(28-4-2)11-15(18)23-20(25)14-7-5-9-22-13-14/h5-13H,3-4H2,1-2H3,(H,23,25)(H,24,26). The molecule has 2 N–H and O–H groups in total. The average Bonchev–Trinajstić information content (AvgIpc) is 3.27. The number of anilines is 2. The molecule has 150 valence electrons. The first-order chi connectivity index (χ1) is 14.1. The average molecular weight is 395 g/mol. The first kappa shape index (κ1) is 19.9. The van der Waals surface area contributed by atoms with Gasteiger partial charge in [-0.1, -0.05) is 0 Å². The second-order valence-corrected chi connectivity index (χ2v) is 5.84. The van der Waals surface area contributed by atoms with Crippen LogP contribution in [0.1, 0.15) is 34.8 Å². The fourth-order valence-corrected chi connectivity index (χ4v) is 2.59. The van der Waals surface area contributed by atoms with E-state index >= 15 is 0 Å². The minimum atomic E-state index is -0.425. The molecule has 0 bridgehead atoms. The van der Waals surface area contributed by atoms with Gasteiger partial charge < -0.3 is 24.5 Å². The Balaban J connectivity index is 1.92. The zero-order valence-corrected chi connectivity index (χ0v) is 16.1. The van der Waals surface area contributed by atoms with E-state index in [1.54, 1.807) is 42.6 Å². The van der Waals surface area contributed by atoms with Gasteiger partial charge in [0.2, 0.25) is 0 Å². The number of aromatic nitrogens is 1. The van der Waals surface area contributed by atoms with Gasteiger partial charge in [0, 0.05) is 24.5 Å². The molecule has 8 nitrogen and oxygen atoms in total. The zero-order chi connectivity index (χ0) is 20.6. The summed E-state index contributed by atoms with van der Waals surface area (Å²) in [6.45, 7) is 4.38. The Bertz CT molecular complexity index is 971. The molecule has 29 heavy (non-hydrogen) atoms. The zero-order valence-electron chi connectivity index (χ0n) is 16.1. The number of pyridine rings is 1. The number of rotatable bonds is 8. The lowest BCUT2D eigenvalue weighted by atomic mass is 10.2. The van der Waals surface area contributed by atoms with Crippen molar-refractivity contribution in [3.05, 3.63) is 66.4 Å². The van der Waals surface area contributed by atoms with Crippen LogP contribution in [0.4, 0.5) is 11.4 Å². The van der Waals surface area contributed by atoms with Crippen molar-refractivity contribution in [2.24, 2.45) is 0 Å². The lowest BCUT2D eigenvalue weighted by Gasteiger charge is -2.17. The van der Waals surface area contributed by atoms with E-state index in [0.29, 0.717) is 41.7 Å². The molecule has 0 fully saturated rings. The number of furan rings is 1. The van der Waals surface area contributed by atoms with Crippen molar-refractivity contribution in [3.63, 3.8) is 0 Å². The molecule has 0 atom stereocenters. The molecule has 0 aliphatic rings. The summed E-state index contributed by atoms with van der Waals surface area (Å²) in [7, 11) is 0. The largest absolute Gasteiger partial charge is 0.492 e. The molecule has 0 saturated carbocycles. The topological polar surface area (TPSA) is 103 Å². The van der Waals surface area contributed by atoms with Gasteiger partial charge in [-0.05, 0) is 38.1 Å². The summed E-state index contributed by atoms with van der Waals surface area (Å²) in [4.78, 5) is 28.8. The van der Waals surface area contributed by atoms with Crippen molar-refractivity contribution >= 4 is 23.2 Å². The highest BCUT2D eigenvalue weighted by atomic mass is 16.5. The summed E-state index contributed by atoms with van der Waals surface area (Å²) < 4.78 is 16.4. The van der Waals surface area contributed by atoms with E-state index < -0.39 is 5.91 Å². The Labute approximate surface area is 167 Å². The number of ether oxygens (including phenoxy) is 2. The third kappa shape index (κ3) is 4.92. The molecule has 0 spiro atoms. The van der Waals surface area contributed by atoms with Crippen LogP contribution in [0.2, 0.25) is 0 Å². The molecule has 1 aromatic carbocycles. The van der Waals surface area contributed by atoms with Crippen molar-refractivity contribution in [3.8, 4) is 11.5 Å². The molecular weight excluding hydrogens is 374 g/mol. The second-order valence-electron chi connectivity index (χ2n) is 5.84. The number of carbonyl (C=O) groups excluding carboxylic acids is 2. The molecule has 0 radical (unpaired) electrons. The van der Waals surface area contributed by atoms with Crippen LogP contribution in [0.25, 0.3) is 0 Å². The second kappa shape index (κ2) is 9.41. The molecule has 0 aliphatic heterocycles. The van der Waals surface area contributed by atoms with Crippen LogP contribution < -0.4 is 20.1 Å². The summed E-state index contributed by atoms with van der Waals surface area (Å²) in [5.74, 6) is 0.180. The molecule has 0 saturated heterocycles. The number of amides is 2. The third-order valence-electron chi connectivity index (χ3n) is 3.85. The number of hydrogen-bond donors (Lipinski definition) is 2.